The first kappa shape index (κ1) is 14.7. The Labute approximate surface area is 108 Å². The standard InChI is InChI=1S/C13H23N3O2/c1-6-16-11(7-10(2)14-16)8-15(9-12(17)18)13(3,4)5/h7H,6,8-9H2,1-5H3,(H,17,18). The third-order valence-corrected chi connectivity index (χ3v) is 2.91. The van der Waals surface area contributed by atoms with Gasteiger partial charge in [-0.15, -0.1) is 0 Å². The number of carbonyl (C=O) groups is 1. The van der Waals surface area contributed by atoms with Gasteiger partial charge in [0.25, 0.3) is 0 Å². The van der Waals surface area contributed by atoms with Gasteiger partial charge in [-0.2, -0.15) is 5.10 Å². The Balaban J connectivity index is 2.92. The Morgan fingerprint density at radius 3 is 2.56 bits per heavy atom. The molecular formula is C13H23N3O2. The molecule has 0 spiro atoms. The van der Waals surface area contributed by atoms with Crippen molar-refractivity contribution in [3.05, 3.63) is 17.5 Å². The van der Waals surface area contributed by atoms with Crippen molar-refractivity contribution in [1.82, 2.24) is 14.7 Å². The van der Waals surface area contributed by atoms with E-state index in [1.807, 2.05) is 50.3 Å². The fraction of sp³-hybridized carbons (Fsp3) is 0.692. The van der Waals surface area contributed by atoms with Crippen LogP contribution >= 0.6 is 0 Å². The Morgan fingerprint density at radius 1 is 1.50 bits per heavy atom. The van der Waals surface area contributed by atoms with Crippen molar-refractivity contribution in [3.63, 3.8) is 0 Å². The lowest BCUT2D eigenvalue weighted by molar-refractivity contribution is -0.140. The summed E-state index contributed by atoms with van der Waals surface area (Å²) in [6.07, 6.45) is 0. The van der Waals surface area contributed by atoms with E-state index in [1.54, 1.807) is 0 Å². The Hall–Kier alpha value is -1.36. The highest BCUT2D eigenvalue weighted by molar-refractivity contribution is 5.69. The minimum absolute atomic E-state index is 0.0391. The SMILES string of the molecule is CCn1nc(C)cc1CN(CC(=O)O)C(C)(C)C. The molecule has 0 aliphatic rings. The van der Waals surface area contributed by atoms with Crippen LogP contribution in [-0.2, 0) is 17.9 Å². The van der Waals surface area contributed by atoms with Gasteiger partial charge >= 0.3 is 5.97 Å². The van der Waals surface area contributed by atoms with Crippen LogP contribution in [0.3, 0.4) is 0 Å². The van der Waals surface area contributed by atoms with Gasteiger partial charge in [-0.3, -0.25) is 14.4 Å². The van der Waals surface area contributed by atoms with Gasteiger partial charge in [-0.25, -0.2) is 0 Å². The van der Waals surface area contributed by atoms with Gasteiger partial charge in [-0.05, 0) is 40.7 Å². The average molecular weight is 253 g/mol. The topological polar surface area (TPSA) is 58.4 Å². The van der Waals surface area contributed by atoms with Gasteiger partial charge in [0.1, 0.15) is 0 Å². The molecular weight excluding hydrogens is 230 g/mol. The lowest BCUT2D eigenvalue weighted by atomic mass is 10.1. The Bertz CT molecular complexity index is 418. The third-order valence-electron chi connectivity index (χ3n) is 2.91. The number of nitrogens with zero attached hydrogens (tertiary/aromatic N) is 3. The van der Waals surface area contributed by atoms with E-state index in [9.17, 15) is 4.79 Å². The average Bonchev–Trinajstić information content (AvgIpc) is 2.56. The molecule has 1 heterocycles. The van der Waals surface area contributed by atoms with Crippen LogP contribution in [0.5, 0.6) is 0 Å². The fourth-order valence-electron chi connectivity index (χ4n) is 1.89. The van der Waals surface area contributed by atoms with Crippen molar-refractivity contribution in [1.29, 1.82) is 0 Å². The van der Waals surface area contributed by atoms with Gasteiger partial charge < -0.3 is 5.11 Å². The first-order valence-electron chi connectivity index (χ1n) is 6.24. The maximum atomic E-state index is 10.9. The van der Waals surface area contributed by atoms with Gasteiger partial charge in [0.2, 0.25) is 0 Å². The summed E-state index contributed by atoms with van der Waals surface area (Å²) in [5.74, 6) is -0.802. The third kappa shape index (κ3) is 3.84. The van der Waals surface area contributed by atoms with Gasteiger partial charge in [0.05, 0.1) is 17.9 Å². The number of aryl methyl sites for hydroxylation is 2. The summed E-state index contributed by atoms with van der Waals surface area (Å²) in [5, 5.41) is 13.4. The summed E-state index contributed by atoms with van der Waals surface area (Å²) < 4.78 is 1.93. The van der Waals surface area contributed by atoms with Crippen LogP contribution in [0, 0.1) is 6.92 Å². The zero-order valence-electron chi connectivity index (χ0n) is 11.9. The molecule has 0 aromatic carbocycles. The molecule has 0 amide bonds. The van der Waals surface area contributed by atoms with E-state index in [1.165, 1.54) is 0 Å². The molecule has 5 heteroatoms. The van der Waals surface area contributed by atoms with Crippen LogP contribution in [0.4, 0.5) is 0 Å². The molecule has 0 atom stereocenters. The van der Waals surface area contributed by atoms with Crippen molar-refractivity contribution >= 4 is 5.97 Å². The van der Waals surface area contributed by atoms with Crippen molar-refractivity contribution in [2.24, 2.45) is 0 Å². The summed E-state index contributed by atoms with van der Waals surface area (Å²) in [6, 6.07) is 2.02. The van der Waals surface area contributed by atoms with Gasteiger partial charge in [0.15, 0.2) is 0 Å². The molecule has 1 N–H and O–H groups in total. The first-order chi connectivity index (χ1) is 8.24. The second-order valence-corrected chi connectivity index (χ2v) is 5.51. The van der Waals surface area contributed by atoms with Crippen LogP contribution in [0.15, 0.2) is 6.07 Å². The highest BCUT2D eigenvalue weighted by Crippen LogP contribution is 2.17. The van der Waals surface area contributed by atoms with Crippen LogP contribution in [-0.4, -0.2) is 37.8 Å². The molecule has 1 aromatic rings. The maximum Gasteiger partial charge on any atom is 0.317 e. The molecule has 0 saturated heterocycles. The summed E-state index contributed by atoms with van der Waals surface area (Å²) in [4.78, 5) is 12.9. The van der Waals surface area contributed by atoms with E-state index < -0.39 is 5.97 Å². The molecule has 5 nitrogen and oxygen atoms in total. The molecule has 0 aliphatic carbocycles. The molecule has 18 heavy (non-hydrogen) atoms. The van der Waals surface area contributed by atoms with E-state index in [2.05, 4.69) is 5.10 Å². The largest absolute Gasteiger partial charge is 0.480 e. The van der Waals surface area contributed by atoms with Gasteiger partial charge in [-0.1, -0.05) is 0 Å². The van der Waals surface area contributed by atoms with Crippen LogP contribution in [0.1, 0.15) is 39.1 Å². The minimum Gasteiger partial charge on any atom is -0.480 e. The number of carboxylic acids is 1. The van der Waals surface area contributed by atoms with E-state index >= 15 is 0 Å². The van der Waals surface area contributed by atoms with Crippen molar-refractivity contribution in [2.75, 3.05) is 6.54 Å². The van der Waals surface area contributed by atoms with Crippen molar-refractivity contribution in [3.8, 4) is 0 Å². The number of hydrogen-bond donors (Lipinski definition) is 1. The van der Waals surface area contributed by atoms with Crippen LogP contribution in [0.25, 0.3) is 0 Å². The molecule has 0 unspecified atom stereocenters. The number of hydrogen-bond acceptors (Lipinski definition) is 3. The summed E-state index contributed by atoms with van der Waals surface area (Å²) in [5.41, 5.74) is 1.84. The van der Waals surface area contributed by atoms with Crippen molar-refractivity contribution < 1.29 is 9.90 Å². The molecule has 1 rings (SSSR count). The molecule has 0 saturated carbocycles. The predicted molar refractivity (Wildman–Crippen MR) is 70.4 cm³/mol. The molecule has 0 fully saturated rings. The smallest absolute Gasteiger partial charge is 0.317 e. The van der Waals surface area contributed by atoms with E-state index in [-0.39, 0.29) is 12.1 Å². The summed E-state index contributed by atoms with van der Waals surface area (Å²) in [7, 11) is 0. The number of carboxylic acid groups (broad SMARTS) is 1. The van der Waals surface area contributed by atoms with Crippen LogP contribution in [0.2, 0.25) is 0 Å². The molecule has 0 aliphatic heterocycles. The molecule has 1 aromatic heterocycles. The first-order valence-corrected chi connectivity index (χ1v) is 6.24. The zero-order chi connectivity index (χ0) is 13.9. The number of rotatable bonds is 5. The molecule has 0 radical (unpaired) electrons. The lowest BCUT2D eigenvalue weighted by Crippen LogP contribution is -2.44. The highest BCUT2D eigenvalue weighted by Gasteiger charge is 2.24. The second-order valence-electron chi connectivity index (χ2n) is 5.51. The normalized spacial score (nSPS) is 12.1. The number of aliphatic carboxylic acids is 1. The number of aromatic nitrogens is 2. The van der Waals surface area contributed by atoms with Crippen LogP contribution < -0.4 is 0 Å². The Kier molecular flexibility index (Phi) is 4.51. The van der Waals surface area contributed by atoms with Crippen molar-refractivity contribution in [2.45, 2.75) is 53.2 Å². The van der Waals surface area contributed by atoms with Gasteiger partial charge in [0, 0.05) is 18.6 Å². The summed E-state index contributed by atoms with van der Waals surface area (Å²) >= 11 is 0. The zero-order valence-corrected chi connectivity index (χ0v) is 11.9. The fourth-order valence-corrected chi connectivity index (χ4v) is 1.89. The molecule has 102 valence electrons. The Morgan fingerprint density at radius 2 is 2.11 bits per heavy atom. The lowest BCUT2D eigenvalue weighted by Gasteiger charge is -2.34. The monoisotopic (exact) mass is 253 g/mol. The quantitative estimate of drug-likeness (QED) is 0.870. The summed E-state index contributed by atoms with van der Waals surface area (Å²) in [6.45, 7) is 11.5. The maximum absolute atomic E-state index is 10.9. The second kappa shape index (κ2) is 5.52. The predicted octanol–water partition coefficient (Wildman–Crippen LogP) is 1.90. The van der Waals surface area contributed by atoms with E-state index in [0.717, 1.165) is 17.9 Å². The molecule has 0 bridgehead atoms. The van der Waals surface area contributed by atoms with E-state index in [4.69, 9.17) is 5.11 Å². The minimum atomic E-state index is -0.802. The van der Waals surface area contributed by atoms with E-state index in [0.29, 0.717) is 6.54 Å². The highest BCUT2D eigenvalue weighted by atomic mass is 16.4.